The van der Waals surface area contributed by atoms with Gasteiger partial charge < -0.3 is 9.84 Å². The van der Waals surface area contributed by atoms with Crippen LogP contribution in [0.1, 0.15) is 19.7 Å². The van der Waals surface area contributed by atoms with Gasteiger partial charge in [0.05, 0.1) is 10.6 Å². The summed E-state index contributed by atoms with van der Waals surface area (Å²) in [5.74, 6) is 1.05. The molecular formula is C12H14ClN3O. The number of hydrogen-bond acceptors (Lipinski definition) is 4. The second-order valence-electron chi connectivity index (χ2n) is 4.28. The van der Waals surface area contributed by atoms with Crippen molar-refractivity contribution in [1.82, 2.24) is 15.5 Å². The van der Waals surface area contributed by atoms with Crippen LogP contribution in [0.3, 0.4) is 0 Å². The average Bonchev–Trinajstić information content (AvgIpc) is 2.79. The molecular weight excluding hydrogens is 238 g/mol. The standard InChI is InChI=1S/C12H14ClN3O/c1-12(2,14-3)11-15-10(16-17-11)8-6-4-5-7-9(8)13/h4-7,14H,1-3H3. The van der Waals surface area contributed by atoms with Gasteiger partial charge in [-0.2, -0.15) is 4.98 Å². The van der Waals surface area contributed by atoms with E-state index in [1.807, 2.05) is 39.1 Å². The van der Waals surface area contributed by atoms with Gasteiger partial charge in [0.1, 0.15) is 0 Å². The topological polar surface area (TPSA) is 51.0 Å². The van der Waals surface area contributed by atoms with Gasteiger partial charge in [-0.05, 0) is 33.0 Å². The average molecular weight is 252 g/mol. The van der Waals surface area contributed by atoms with Gasteiger partial charge in [0, 0.05) is 5.56 Å². The Hall–Kier alpha value is -1.39. The van der Waals surface area contributed by atoms with Crippen LogP contribution in [0.25, 0.3) is 11.4 Å². The Balaban J connectivity index is 2.40. The van der Waals surface area contributed by atoms with Crippen molar-refractivity contribution in [2.75, 3.05) is 7.05 Å². The molecule has 0 saturated carbocycles. The molecule has 0 radical (unpaired) electrons. The second-order valence-corrected chi connectivity index (χ2v) is 4.69. The van der Waals surface area contributed by atoms with Crippen molar-refractivity contribution in [3.63, 3.8) is 0 Å². The highest BCUT2D eigenvalue weighted by molar-refractivity contribution is 6.33. The molecule has 0 bridgehead atoms. The molecule has 0 aliphatic rings. The Morgan fingerprint density at radius 2 is 2.00 bits per heavy atom. The molecule has 0 aliphatic carbocycles. The van der Waals surface area contributed by atoms with Gasteiger partial charge in [-0.1, -0.05) is 28.9 Å². The molecule has 0 amide bonds. The predicted octanol–water partition coefficient (Wildman–Crippen LogP) is 2.84. The highest BCUT2D eigenvalue weighted by atomic mass is 35.5. The first-order valence-corrected chi connectivity index (χ1v) is 5.70. The molecule has 0 unspecified atom stereocenters. The fraction of sp³-hybridized carbons (Fsp3) is 0.333. The first-order valence-electron chi connectivity index (χ1n) is 5.32. The molecule has 0 fully saturated rings. The second kappa shape index (κ2) is 4.47. The van der Waals surface area contributed by atoms with Gasteiger partial charge in [0.25, 0.3) is 0 Å². The molecule has 0 atom stereocenters. The van der Waals surface area contributed by atoms with Gasteiger partial charge >= 0.3 is 0 Å². The van der Waals surface area contributed by atoms with E-state index in [-0.39, 0.29) is 5.54 Å². The first-order chi connectivity index (χ1) is 8.04. The van der Waals surface area contributed by atoms with Crippen molar-refractivity contribution >= 4 is 11.6 Å². The number of halogens is 1. The predicted molar refractivity (Wildman–Crippen MR) is 66.8 cm³/mol. The third-order valence-electron chi connectivity index (χ3n) is 2.70. The molecule has 1 aromatic carbocycles. The molecule has 1 heterocycles. The van der Waals surface area contributed by atoms with Crippen molar-refractivity contribution in [3.8, 4) is 11.4 Å². The van der Waals surface area contributed by atoms with E-state index in [2.05, 4.69) is 15.5 Å². The van der Waals surface area contributed by atoms with E-state index in [0.717, 1.165) is 5.56 Å². The Morgan fingerprint density at radius 1 is 1.29 bits per heavy atom. The van der Waals surface area contributed by atoms with Crippen LogP contribution >= 0.6 is 11.6 Å². The van der Waals surface area contributed by atoms with Crippen LogP contribution in [0.15, 0.2) is 28.8 Å². The number of benzene rings is 1. The van der Waals surface area contributed by atoms with Crippen LogP contribution in [-0.2, 0) is 5.54 Å². The van der Waals surface area contributed by atoms with E-state index >= 15 is 0 Å². The van der Waals surface area contributed by atoms with Gasteiger partial charge in [-0.25, -0.2) is 0 Å². The third kappa shape index (κ3) is 2.33. The Labute approximate surface area is 105 Å². The number of nitrogens with zero attached hydrogens (tertiary/aromatic N) is 2. The van der Waals surface area contributed by atoms with Crippen molar-refractivity contribution in [3.05, 3.63) is 35.2 Å². The summed E-state index contributed by atoms with van der Waals surface area (Å²) >= 11 is 6.08. The number of hydrogen-bond donors (Lipinski definition) is 1. The van der Waals surface area contributed by atoms with Crippen LogP contribution < -0.4 is 5.32 Å². The first kappa shape index (κ1) is 12.1. The fourth-order valence-corrected chi connectivity index (χ4v) is 1.56. The summed E-state index contributed by atoms with van der Waals surface area (Å²) in [6.07, 6.45) is 0. The van der Waals surface area contributed by atoms with Gasteiger partial charge in [0.15, 0.2) is 0 Å². The van der Waals surface area contributed by atoms with Crippen LogP contribution in [0.2, 0.25) is 5.02 Å². The maximum atomic E-state index is 6.08. The molecule has 0 aliphatic heterocycles. The van der Waals surface area contributed by atoms with E-state index in [4.69, 9.17) is 16.1 Å². The van der Waals surface area contributed by atoms with Crippen LogP contribution in [0.5, 0.6) is 0 Å². The Morgan fingerprint density at radius 3 is 2.65 bits per heavy atom. The molecule has 2 aromatic rings. The highest BCUT2D eigenvalue weighted by Gasteiger charge is 2.26. The van der Waals surface area contributed by atoms with E-state index in [0.29, 0.717) is 16.7 Å². The molecule has 4 nitrogen and oxygen atoms in total. The fourth-order valence-electron chi connectivity index (χ4n) is 1.34. The molecule has 1 N–H and O–H groups in total. The zero-order valence-electron chi connectivity index (χ0n) is 9.99. The zero-order chi connectivity index (χ0) is 12.5. The lowest BCUT2D eigenvalue weighted by Gasteiger charge is -2.17. The summed E-state index contributed by atoms with van der Waals surface area (Å²) in [6, 6.07) is 7.42. The molecule has 0 spiro atoms. The quantitative estimate of drug-likeness (QED) is 0.911. The van der Waals surface area contributed by atoms with Gasteiger partial charge in [0.2, 0.25) is 11.7 Å². The highest BCUT2D eigenvalue weighted by Crippen LogP contribution is 2.27. The summed E-state index contributed by atoms with van der Waals surface area (Å²) < 4.78 is 5.25. The Bertz CT molecular complexity index is 522. The zero-order valence-corrected chi connectivity index (χ0v) is 10.7. The number of nitrogens with one attached hydrogen (secondary N) is 1. The molecule has 1 aromatic heterocycles. The van der Waals surface area contributed by atoms with Gasteiger partial charge in [-0.3, -0.25) is 0 Å². The molecule has 2 rings (SSSR count). The van der Waals surface area contributed by atoms with E-state index < -0.39 is 0 Å². The van der Waals surface area contributed by atoms with E-state index in [9.17, 15) is 0 Å². The smallest absolute Gasteiger partial charge is 0.246 e. The summed E-state index contributed by atoms with van der Waals surface area (Å²) in [6.45, 7) is 3.94. The minimum Gasteiger partial charge on any atom is -0.337 e. The van der Waals surface area contributed by atoms with Crippen molar-refractivity contribution in [2.45, 2.75) is 19.4 Å². The lowest BCUT2D eigenvalue weighted by molar-refractivity contribution is 0.281. The minimum atomic E-state index is -0.355. The van der Waals surface area contributed by atoms with Crippen LogP contribution in [0.4, 0.5) is 0 Å². The summed E-state index contributed by atoms with van der Waals surface area (Å²) in [7, 11) is 1.85. The van der Waals surface area contributed by atoms with Crippen molar-refractivity contribution in [2.24, 2.45) is 0 Å². The Kier molecular flexibility index (Phi) is 3.17. The normalized spacial score (nSPS) is 11.8. The van der Waals surface area contributed by atoms with Crippen LogP contribution in [0, 0.1) is 0 Å². The molecule has 5 heteroatoms. The lowest BCUT2D eigenvalue weighted by atomic mass is 10.1. The summed E-state index contributed by atoms with van der Waals surface area (Å²) in [4.78, 5) is 4.36. The number of aromatic nitrogens is 2. The largest absolute Gasteiger partial charge is 0.337 e. The lowest BCUT2D eigenvalue weighted by Crippen LogP contribution is -2.33. The summed E-state index contributed by atoms with van der Waals surface area (Å²) in [5, 5.41) is 7.67. The maximum Gasteiger partial charge on any atom is 0.246 e. The minimum absolute atomic E-state index is 0.355. The van der Waals surface area contributed by atoms with Gasteiger partial charge in [-0.15, -0.1) is 0 Å². The summed E-state index contributed by atoms with van der Waals surface area (Å²) in [5.41, 5.74) is 0.419. The van der Waals surface area contributed by atoms with E-state index in [1.54, 1.807) is 6.07 Å². The van der Waals surface area contributed by atoms with Crippen molar-refractivity contribution < 1.29 is 4.52 Å². The maximum absolute atomic E-state index is 6.08. The molecule has 90 valence electrons. The molecule has 0 saturated heterocycles. The monoisotopic (exact) mass is 251 g/mol. The SMILES string of the molecule is CNC(C)(C)c1nc(-c2ccccc2Cl)no1. The van der Waals surface area contributed by atoms with Crippen LogP contribution in [-0.4, -0.2) is 17.2 Å². The third-order valence-corrected chi connectivity index (χ3v) is 3.03. The van der Waals surface area contributed by atoms with Crippen molar-refractivity contribution in [1.29, 1.82) is 0 Å². The number of rotatable bonds is 3. The van der Waals surface area contributed by atoms with E-state index in [1.165, 1.54) is 0 Å². The molecule has 17 heavy (non-hydrogen) atoms.